The van der Waals surface area contributed by atoms with Crippen molar-refractivity contribution in [1.29, 1.82) is 0 Å². The van der Waals surface area contributed by atoms with Crippen LogP contribution < -0.4 is 5.32 Å². The molecule has 0 aromatic carbocycles. The molecule has 0 amide bonds. The van der Waals surface area contributed by atoms with E-state index in [9.17, 15) is 0 Å². The van der Waals surface area contributed by atoms with Crippen molar-refractivity contribution in [3.8, 4) is 0 Å². The Hall–Kier alpha value is -0.320. The van der Waals surface area contributed by atoms with Crippen molar-refractivity contribution in [2.45, 2.75) is 37.3 Å². The Labute approximate surface area is 105 Å². The number of halogens is 1. The normalized spacial score (nSPS) is 20.4. The molecule has 1 aliphatic rings. The zero-order valence-electron chi connectivity index (χ0n) is 9.75. The Morgan fingerprint density at radius 2 is 2.38 bits per heavy atom. The van der Waals surface area contributed by atoms with Crippen LogP contribution >= 0.6 is 15.9 Å². The lowest BCUT2D eigenvalue weighted by molar-refractivity contribution is -0.0845. The van der Waals surface area contributed by atoms with Crippen molar-refractivity contribution in [3.63, 3.8) is 0 Å². The smallest absolute Gasteiger partial charge is 0.134 e. The van der Waals surface area contributed by atoms with Crippen LogP contribution in [0.4, 0.5) is 0 Å². The van der Waals surface area contributed by atoms with Gasteiger partial charge in [0.1, 0.15) is 5.76 Å². The molecule has 0 aliphatic heterocycles. The summed E-state index contributed by atoms with van der Waals surface area (Å²) >= 11 is 3.50. The lowest BCUT2D eigenvalue weighted by Crippen LogP contribution is -2.42. The van der Waals surface area contributed by atoms with E-state index in [0.717, 1.165) is 29.5 Å². The number of furan rings is 1. The van der Waals surface area contributed by atoms with Crippen molar-refractivity contribution < 1.29 is 9.15 Å². The number of hydrogen-bond donors (Lipinski definition) is 1. The third kappa shape index (κ3) is 2.19. The van der Waals surface area contributed by atoms with Crippen LogP contribution in [0.15, 0.2) is 21.2 Å². The standard InChI is InChI=1S/C12H18BrNO2/c1-14-10(11-9(13)4-7-16-11)8-12(15-2)5-3-6-12/h4,7,10,14H,3,5-6,8H2,1-2H3. The van der Waals surface area contributed by atoms with Gasteiger partial charge in [0.05, 0.1) is 22.4 Å². The Bertz CT molecular complexity index is 341. The van der Waals surface area contributed by atoms with Crippen LogP contribution in [-0.4, -0.2) is 19.8 Å². The predicted molar refractivity (Wildman–Crippen MR) is 66.4 cm³/mol. The summed E-state index contributed by atoms with van der Waals surface area (Å²) in [6.07, 6.45) is 6.25. The van der Waals surface area contributed by atoms with Gasteiger partial charge in [0, 0.05) is 7.11 Å². The number of hydrogen-bond acceptors (Lipinski definition) is 3. The van der Waals surface area contributed by atoms with Crippen molar-refractivity contribution in [1.82, 2.24) is 5.32 Å². The van der Waals surface area contributed by atoms with Gasteiger partial charge in [-0.15, -0.1) is 0 Å². The van der Waals surface area contributed by atoms with Gasteiger partial charge >= 0.3 is 0 Å². The summed E-state index contributed by atoms with van der Waals surface area (Å²) in [5.74, 6) is 0.964. The number of rotatable bonds is 5. The molecule has 90 valence electrons. The summed E-state index contributed by atoms with van der Waals surface area (Å²) in [5.41, 5.74) is 0.0555. The molecular formula is C12H18BrNO2. The maximum atomic E-state index is 5.65. The van der Waals surface area contributed by atoms with Crippen molar-refractivity contribution in [2.24, 2.45) is 0 Å². The van der Waals surface area contributed by atoms with Gasteiger partial charge in [-0.25, -0.2) is 0 Å². The third-order valence-electron chi connectivity index (χ3n) is 3.58. The Morgan fingerprint density at radius 3 is 2.75 bits per heavy atom. The molecule has 2 rings (SSSR count). The molecule has 1 aliphatic carbocycles. The summed E-state index contributed by atoms with van der Waals surface area (Å²) in [5, 5.41) is 3.30. The van der Waals surface area contributed by atoms with E-state index in [1.807, 2.05) is 20.2 Å². The van der Waals surface area contributed by atoms with Crippen LogP contribution in [0.2, 0.25) is 0 Å². The van der Waals surface area contributed by atoms with E-state index in [2.05, 4.69) is 21.2 Å². The maximum absolute atomic E-state index is 5.65. The molecule has 3 nitrogen and oxygen atoms in total. The van der Waals surface area contributed by atoms with E-state index in [-0.39, 0.29) is 11.6 Å². The second kappa shape index (κ2) is 4.90. The average molecular weight is 288 g/mol. The number of nitrogens with one attached hydrogen (secondary N) is 1. The van der Waals surface area contributed by atoms with Gasteiger partial charge in [-0.05, 0) is 54.7 Å². The highest BCUT2D eigenvalue weighted by molar-refractivity contribution is 9.10. The van der Waals surface area contributed by atoms with Crippen molar-refractivity contribution in [3.05, 3.63) is 22.6 Å². The highest BCUT2D eigenvalue weighted by atomic mass is 79.9. The Kier molecular flexibility index (Phi) is 3.72. The van der Waals surface area contributed by atoms with Crippen LogP contribution in [0.3, 0.4) is 0 Å². The highest BCUT2D eigenvalue weighted by Crippen LogP contribution is 2.42. The van der Waals surface area contributed by atoms with E-state index in [1.54, 1.807) is 6.26 Å². The second-order valence-corrected chi connectivity index (χ2v) is 5.27. The largest absolute Gasteiger partial charge is 0.466 e. The molecule has 0 bridgehead atoms. The molecule has 4 heteroatoms. The molecular weight excluding hydrogens is 270 g/mol. The first-order chi connectivity index (χ1) is 7.71. The zero-order valence-corrected chi connectivity index (χ0v) is 11.3. The quantitative estimate of drug-likeness (QED) is 0.903. The lowest BCUT2D eigenvalue weighted by Gasteiger charge is -2.42. The molecule has 0 saturated heterocycles. The first kappa shape index (κ1) is 12.1. The SMILES string of the molecule is CNC(CC1(OC)CCC1)c1occc1Br. The minimum Gasteiger partial charge on any atom is -0.466 e. The summed E-state index contributed by atoms with van der Waals surface area (Å²) < 4.78 is 12.2. The van der Waals surface area contributed by atoms with E-state index >= 15 is 0 Å². The molecule has 16 heavy (non-hydrogen) atoms. The zero-order chi connectivity index (χ0) is 11.6. The van der Waals surface area contributed by atoms with Gasteiger partial charge in [-0.2, -0.15) is 0 Å². The van der Waals surface area contributed by atoms with Crippen molar-refractivity contribution in [2.75, 3.05) is 14.2 Å². The van der Waals surface area contributed by atoms with E-state index in [0.29, 0.717) is 0 Å². The molecule has 1 N–H and O–H groups in total. The fourth-order valence-corrected chi connectivity index (χ4v) is 2.79. The minimum atomic E-state index is 0.0555. The van der Waals surface area contributed by atoms with Gasteiger partial charge in [-0.1, -0.05) is 0 Å². The predicted octanol–water partition coefficient (Wildman–Crippen LogP) is 3.26. The molecule has 1 fully saturated rings. The van der Waals surface area contributed by atoms with Crippen LogP contribution in [0.5, 0.6) is 0 Å². The number of ether oxygens (including phenoxy) is 1. The van der Waals surface area contributed by atoms with Gasteiger partial charge in [-0.3, -0.25) is 0 Å². The van der Waals surface area contributed by atoms with Crippen LogP contribution in [0.25, 0.3) is 0 Å². The summed E-state index contributed by atoms with van der Waals surface area (Å²) in [7, 11) is 3.77. The molecule has 1 aromatic rings. The Balaban J connectivity index is 2.09. The number of methoxy groups -OCH3 is 1. The fourth-order valence-electron chi connectivity index (χ4n) is 2.31. The first-order valence-corrected chi connectivity index (χ1v) is 6.45. The van der Waals surface area contributed by atoms with E-state index in [1.165, 1.54) is 6.42 Å². The second-order valence-electron chi connectivity index (χ2n) is 4.42. The summed E-state index contributed by atoms with van der Waals surface area (Å²) in [6, 6.07) is 2.14. The molecule has 1 atom stereocenters. The van der Waals surface area contributed by atoms with Gasteiger partial charge < -0.3 is 14.5 Å². The topological polar surface area (TPSA) is 34.4 Å². The summed E-state index contributed by atoms with van der Waals surface area (Å²) in [4.78, 5) is 0. The van der Waals surface area contributed by atoms with E-state index in [4.69, 9.17) is 9.15 Å². The monoisotopic (exact) mass is 287 g/mol. The molecule has 1 aromatic heterocycles. The average Bonchev–Trinajstić information content (AvgIpc) is 2.65. The van der Waals surface area contributed by atoms with E-state index < -0.39 is 0 Å². The summed E-state index contributed by atoms with van der Waals surface area (Å²) in [6.45, 7) is 0. The molecule has 0 spiro atoms. The van der Waals surface area contributed by atoms with Gasteiger partial charge in [0.15, 0.2) is 0 Å². The third-order valence-corrected chi connectivity index (χ3v) is 4.24. The molecule has 1 unspecified atom stereocenters. The lowest BCUT2D eigenvalue weighted by atomic mass is 9.75. The maximum Gasteiger partial charge on any atom is 0.134 e. The molecule has 1 heterocycles. The Morgan fingerprint density at radius 1 is 1.62 bits per heavy atom. The molecule has 0 radical (unpaired) electrons. The van der Waals surface area contributed by atoms with Gasteiger partial charge in [0.2, 0.25) is 0 Å². The van der Waals surface area contributed by atoms with Crippen LogP contribution in [-0.2, 0) is 4.74 Å². The van der Waals surface area contributed by atoms with Gasteiger partial charge in [0.25, 0.3) is 0 Å². The minimum absolute atomic E-state index is 0.0555. The first-order valence-electron chi connectivity index (χ1n) is 5.66. The van der Waals surface area contributed by atoms with Crippen LogP contribution in [0, 0.1) is 0 Å². The molecule has 1 saturated carbocycles. The fraction of sp³-hybridized carbons (Fsp3) is 0.667. The van der Waals surface area contributed by atoms with Crippen molar-refractivity contribution >= 4 is 15.9 Å². The highest BCUT2D eigenvalue weighted by Gasteiger charge is 2.40. The van der Waals surface area contributed by atoms with Crippen LogP contribution in [0.1, 0.15) is 37.5 Å².